The zero-order chi connectivity index (χ0) is 18.9. The van der Waals surface area contributed by atoms with E-state index in [0.717, 1.165) is 0 Å². The molecule has 0 radical (unpaired) electrons. The van der Waals surface area contributed by atoms with E-state index in [1.165, 1.54) is 17.0 Å². The number of sulfone groups is 1. The third-order valence-electron chi connectivity index (χ3n) is 4.08. The van der Waals surface area contributed by atoms with Crippen LogP contribution in [0.3, 0.4) is 0 Å². The standard InChI is InChI=1S/C18H18ClN3O3S/c1-2-22(16(23)11-20)18-17(14-10-12(19)8-9-15(14)21-18)26(24,25)13-6-4-3-5-7-13/h3-10,21H,2,11,20H2,1H3. The van der Waals surface area contributed by atoms with Gasteiger partial charge in [0.25, 0.3) is 0 Å². The molecule has 0 atom stereocenters. The minimum Gasteiger partial charge on any atom is -0.340 e. The maximum absolute atomic E-state index is 13.3. The van der Waals surface area contributed by atoms with Crippen LogP contribution >= 0.6 is 11.6 Å². The van der Waals surface area contributed by atoms with Gasteiger partial charge in [0.1, 0.15) is 10.7 Å². The lowest BCUT2D eigenvalue weighted by molar-refractivity contribution is -0.117. The number of H-pyrrole nitrogens is 1. The molecule has 1 heterocycles. The number of hydrogen-bond donors (Lipinski definition) is 2. The number of hydrogen-bond acceptors (Lipinski definition) is 4. The largest absolute Gasteiger partial charge is 0.340 e. The van der Waals surface area contributed by atoms with E-state index in [1.54, 1.807) is 43.3 Å². The van der Waals surface area contributed by atoms with Gasteiger partial charge in [-0.15, -0.1) is 0 Å². The lowest BCUT2D eigenvalue weighted by Gasteiger charge is -2.20. The summed E-state index contributed by atoms with van der Waals surface area (Å²) in [5.74, 6) is -0.182. The molecule has 1 aromatic heterocycles. The molecule has 136 valence electrons. The van der Waals surface area contributed by atoms with Crippen molar-refractivity contribution in [1.82, 2.24) is 4.98 Å². The Morgan fingerprint density at radius 3 is 2.50 bits per heavy atom. The number of aromatic nitrogens is 1. The second-order valence-electron chi connectivity index (χ2n) is 5.65. The van der Waals surface area contributed by atoms with Crippen LogP contribution in [0.1, 0.15) is 6.92 Å². The Hall–Kier alpha value is -2.35. The summed E-state index contributed by atoms with van der Waals surface area (Å²) in [7, 11) is -3.89. The summed E-state index contributed by atoms with van der Waals surface area (Å²) in [6, 6.07) is 13.0. The van der Waals surface area contributed by atoms with E-state index in [-0.39, 0.29) is 34.6 Å². The molecule has 3 rings (SSSR count). The minimum absolute atomic E-state index is 0.0184. The van der Waals surface area contributed by atoms with Crippen molar-refractivity contribution >= 4 is 44.1 Å². The van der Waals surface area contributed by atoms with Gasteiger partial charge < -0.3 is 10.7 Å². The first-order chi connectivity index (χ1) is 12.4. The van der Waals surface area contributed by atoms with Crippen LogP contribution in [0.15, 0.2) is 58.3 Å². The van der Waals surface area contributed by atoms with Crippen molar-refractivity contribution < 1.29 is 13.2 Å². The number of nitrogens with one attached hydrogen (secondary N) is 1. The number of aromatic amines is 1. The smallest absolute Gasteiger partial charge is 0.241 e. The molecular formula is C18H18ClN3O3S. The number of halogens is 1. The molecule has 3 N–H and O–H groups in total. The Morgan fingerprint density at radius 2 is 1.88 bits per heavy atom. The van der Waals surface area contributed by atoms with Gasteiger partial charge in [0.15, 0.2) is 0 Å². The Labute approximate surface area is 156 Å². The Balaban J connectivity index is 2.37. The van der Waals surface area contributed by atoms with Crippen LogP contribution in [0, 0.1) is 0 Å². The average molecular weight is 392 g/mol. The number of anilines is 1. The van der Waals surface area contributed by atoms with E-state index in [1.807, 2.05) is 0 Å². The molecule has 6 nitrogen and oxygen atoms in total. The van der Waals surface area contributed by atoms with Gasteiger partial charge in [-0.25, -0.2) is 8.42 Å². The van der Waals surface area contributed by atoms with E-state index in [4.69, 9.17) is 17.3 Å². The molecule has 1 amide bonds. The number of nitrogens with two attached hydrogens (primary N) is 1. The van der Waals surface area contributed by atoms with Gasteiger partial charge in [0.05, 0.1) is 11.4 Å². The van der Waals surface area contributed by atoms with Crippen LogP contribution in [-0.2, 0) is 14.6 Å². The predicted molar refractivity (Wildman–Crippen MR) is 102 cm³/mol. The highest BCUT2D eigenvalue weighted by molar-refractivity contribution is 7.92. The van der Waals surface area contributed by atoms with Crippen molar-refractivity contribution in [2.45, 2.75) is 16.7 Å². The zero-order valence-electron chi connectivity index (χ0n) is 14.1. The molecule has 0 spiro atoms. The van der Waals surface area contributed by atoms with Gasteiger partial charge >= 0.3 is 0 Å². The van der Waals surface area contributed by atoms with Gasteiger partial charge in [0, 0.05) is 22.5 Å². The molecule has 0 saturated heterocycles. The quantitative estimate of drug-likeness (QED) is 0.698. The van der Waals surface area contributed by atoms with Gasteiger partial charge in [-0.1, -0.05) is 29.8 Å². The van der Waals surface area contributed by atoms with Crippen LogP contribution in [0.4, 0.5) is 5.82 Å². The second-order valence-corrected chi connectivity index (χ2v) is 7.97. The van der Waals surface area contributed by atoms with E-state index >= 15 is 0 Å². The first-order valence-electron chi connectivity index (χ1n) is 8.02. The van der Waals surface area contributed by atoms with Crippen molar-refractivity contribution in [3.8, 4) is 0 Å². The van der Waals surface area contributed by atoms with Crippen LogP contribution in [0.5, 0.6) is 0 Å². The zero-order valence-corrected chi connectivity index (χ0v) is 15.6. The van der Waals surface area contributed by atoms with Gasteiger partial charge in [-0.05, 0) is 37.3 Å². The Bertz CT molecular complexity index is 1060. The summed E-state index contributed by atoms with van der Waals surface area (Å²) in [6.07, 6.45) is 0. The molecule has 8 heteroatoms. The molecule has 0 unspecified atom stereocenters. The fourth-order valence-electron chi connectivity index (χ4n) is 2.87. The summed E-state index contributed by atoms with van der Waals surface area (Å²) >= 11 is 6.09. The topological polar surface area (TPSA) is 96.3 Å². The molecule has 0 saturated carbocycles. The van der Waals surface area contributed by atoms with E-state index in [9.17, 15) is 13.2 Å². The summed E-state index contributed by atoms with van der Waals surface area (Å²) in [6.45, 7) is 1.80. The average Bonchev–Trinajstić information content (AvgIpc) is 3.01. The number of likely N-dealkylation sites (N-methyl/N-ethyl adjacent to an activating group) is 1. The fraction of sp³-hybridized carbons (Fsp3) is 0.167. The third kappa shape index (κ3) is 3.09. The number of benzene rings is 2. The Morgan fingerprint density at radius 1 is 1.19 bits per heavy atom. The number of amides is 1. The SMILES string of the molecule is CCN(C(=O)CN)c1[nH]c2ccc(Cl)cc2c1S(=O)(=O)c1ccccc1. The molecule has 0 bridgehead atoms. The highest BCUT2D eigenvalue weighted by Gasteiger charge is 2.30. The van der Waals surface area contributed by atoms with Crippen LogP contribution < -0.4 is 10.6 Å². The number of nitrogens with zero attached hydrogens (tertiary/aromatic N) is 1. The van der Waals surface area contributed by atoms with Crippen molar-refractivity contribution in [2.75, 3.05) is 18.0 Å². The third-order valence-corrected chi connectivity index (χ3v) is 6.16. The van der Waals surface area contributed by atoms with E-state index in [2.05, 4.69) is 4.98 Å². The molecular weight excluding hydrogens is 374 g/mol. The summed E-state index contributed by atoms with van der Waals surface area (Å²) in [4.78, 5) is 16.8. The molecule has 3 aromatic rings. The van der Waals surface area contributed by atoms with Crippen LogP contribution in [-0.4, -0.2) is 32.4 Å². The summed E-state index contributed by atoms with van der Waals surface area (Å²) in [5.41, 5.74) is 6.07. The summed E-state index contributed by atoms with van der Waals surface area (Å²) in [5, 5.41) is 0.834. The first kappa shape index (κ1) is 18.4. The maximum Gasteiger partial charge on any atom is 0.241 e. The molecule has 0 fully saturated rings. The molecule has 0 aliphatic carbocycles. The highest BCUT2D eigenvalue weighted by Crippen LogP contribution is 2.37. The maximum atomic E-state index is 13.3. The molecule has 0 aliphatic heterocycles. The second kappa shape index (κ2) is 7.11. The number of carbonyl (C=O) groups excluding carboxylic acids is 1. The first-order valence-corrected chi connectivity index (χ1v) is 9.88. The van der Waals surface area contributed by atoms with Gasteiger partial charge in [-0.3, -0.25) is 9.69 Å². The normalized spacial score (nSPS) is 11.7. The summed E-state index contributed by atoms with van der Waals surface area (Å²) < 4.78 is 26.7. The molecule has 2 aromatic carbocycles. The lowest BCUT2D eigenvalue weighted by Crippen LogP contribution is -2.36. The van der Waals surface area contributed by atoms with Crippen molar-refractivity contribution in [1.29, 1.82) is 0 Å². The van der Waals surface area contributed by atoms with Gasteiger partial charge in [-0.2, -0.15) is 0 Å². The fourth-order valence-corrected chi connectivity index (χ4v) is 4.67. The number of carbonyl (C=O) groups is 1. The van der Waals surface area contributed by atoms with E-state index < -0.39 is 9.84 Å². The highest BCUT2D eigenvalue weighted by atomic mass is 35.5. The monoisotopic (exact) mass is 391 g/mol. The predicted octanol–water partition coefficient (Wildman–Crippen LogP) is 2.97. The lowest BCUT2D eigenvalue weighted by atomic mass is 10.2. The number of rotatable bonds is 5. The van der Waals surface area contributed by atoms with Crippen molar-refractivity contribution in [3.05, 3.63) is 53.6 Å². The molecule has 0 aliphatic rings. The minimum atomic E-state index is -3.89. The van der Waals surface area contributed by atoms with Crippen LogP contribution in [0.2, 0.25) is 5.02 Å². The van der Waals surface area contributed by atoms with Crippen LogP contribution in [0.25, 0.3) is 10.9 Å². The molecule has 26 heavy (non-hydrogen) atoms. The Kier molecular flexibility index (Phi) is 5.04. The number of fused-ring (bicyclic) bond motifs is 1. The van der Waals surface area contributed by atoms with E-state index in [0.29, 0.717) is 15.9 Å². The van der Waals surface area contributed by atoms with Crippen molar-refractivity contribution in [2.24, 2.45) is 5.73 Å². The van der Waals surface area contributed by atoms with Crippen molar-refractivity contribution in [3.63, 3.8) is 0 Å². The van der Waals surface area contributed by atoms with Gasteiger partial charge in [0.2, 0.25) is 15.7 Å².